The van der Waals surface area contributed by atoms with Gasteiger partial charge in [0.1, 0.15) is 0 Å². The molecule has 0 saturated heterocycles. The van der Waals surface area contributed by atoms with E-state index in [0.717, 1.165) is 12.3 Å². The molecule has 0 spiro atoms. The van der Waals surface area contributed by atoms with Gasteiger partial charge in [-0.25, -0.2) is 0 Å². The maximum absolute atomic E-state index is 9.45. The minimum atomic E-state index is -0.335. The maximum atomic E-state index is 9.45. The predicted molar refractivity (Wildman–Crippen MR) is 70.8 cm³/mol. The molecule has 0 aromatic carbocycles. The number of hydrogen-bond donors (Lipinski definition) is 1. The van der Waals surface area contributed by atoms with Crippen molar-refractivity contribution in [1.29, 1.82) is 0 Å². The van der Waals surface area contributed by atoms with E-state index < -0.39 is 0 Å². The van der Waals surface area contributed by atoms with E-state index in [9.17, 15) is 5.11 Å². The van der Waals surface area contributed by atoms with Crippen molar-refractivity contribution in [3.8, 4) is 0 Å². The second-order valence-electron chi connectivity index (χ2n) is 4.95. The van der Waals surface area contributed by atoms with Crippen LogP contribution in [0.3, 0.4) is 0 Å². The first-order valence-corrected chi connectivity index (χ1v) is 10.9. The van der Waals surface area contributed by atoms with Crippen LogP contribution in [0.2, 0.25) is 17.0 Å². The zero-order valence-corrected chi connectivity index (χ0v) is 12.7. The summed E-state index contributed by atoms with van der Waals surface area (Å²) in [4.78, 5) is 0. The summed E-state index contributed by atoms with van der Waals surface area (Å²) in [5.41, 5.74) is 0. The molecule has 0 amide bonds. The van der Waals surface area contributed by atoms with Gasteiger partial charge in [0.05, 0.1) is 0 Å². The minimum absolute atomic E-state index is 0.105. The number of aliphatic hydroxyl groups is 1. The van der Waals surface area contributed by atoms with E-state index in [4.69, 9.17) is 0 Å². The number of hydrogen-bond acceptors (Lipinski definition) is 1. The summed E-state index contributed by atoms with van der Waals surface area (Å²) in [7, 11) is 0. The molecule has 2 heteroatoms. The SMILES string of the molecule is CCCCCCC(CC(C)O)C[Se+](C)C. The molecule has 2 unspecified atom stereocenters. The van der Waals surface area contributed by atoms with Crippen molar-refractivity contribution in [2.45, 2.75) is 75.4 Å². The van der Waals surface area contributed by atoms with Gasteiger partial charge in [0.25, 0.3) is 0 Å². The first-order chi connectivity index (χ1) is 7.06. The number of aliphatic hydroxyl groups excluding tert-OH is 1. The summed E-state index contributed by atoms with van der Waals surface area (Å²) in [5, 5.41) is 10.9. The molecular formula is C13H29OSe+. The van der Waals surface area contributed by atoms with Gasteiger partial charge in [-0.3, -0.25) is 0 Å². The van der Waals surface area contributed by atoms with Gasteiger partial charge in [0.15, 0.2) is 0 Å². The van der Waals surface area contributed by atoms with Gasteiger partial charge >= 0.3 is 100 Å². The Balaban J connectivity index is 3.69. The fraction of sp³-hybridized carbons (Fsp3) is 1.00. The topological polar surface area (TPSA) is 20.2 Å². The standard InChI is InChI=1S/C13H29OSe/c1-5-6-7-8-9-13(10-12(2)14)11-15(3)4/h12-14H,5-11H2,1-4H3/q+1. The van der Waals surface area contributed by atoms with E-state index in [2.05, 4.69) is 18.6 Å². The molecule has 92 valence electrons. The summed E-state index contributed by atoms with van der Waals surface area (Å²) >= 11 is -0.335. The van der Waals surface area contributed by atoms with Gasteiger partial charge in [-0.05, 0) is 0 Å². The third-order valence-corrected chi connectivity index (χ3v) is 5.10. The monoisotopic (exact) mass is 281 g/mol. The quantitative estimate of drug-likeness (QED) is 0.498. The van der Waals surface area contributed by atoms with E-state index in [1.165, 1.54) is 37.4 Å². The van der Waals surface area contributed by atoms with Crippen LogP contribution in [-0.4, -0.2) is 25.1 Å². The second-order valence-corrected chi connectivity index (χ2v) is 9.79. The number of rotatable bonds is 9. The Hall–Kier alpha value is 0.479. The summed E-state index contributed by atoms with van der Waals surface area (Å²) in [5.74, 6) is 5.60. The van der Waals surface area contributed by atoms with Gasteiger partial charge in [-0.15, -0.1) is 0 Å². The fourth-order valence-electron chi connectivity index (χ4n) is 2.08. The molecule has 0 bridgehead atoms. The van der Waals surface area contributed by atoms with Crippen LogP contribution in [0.5, 0.6) is 0 Å². The molecule has 0 radical (unpaired) electrons. The average molecular weight is 280 g/mol. The van der Waals surface area contributed by atoms with Gasteiger partial charge in [0, 0.05) is 0 Å². The summed E-state index contributed by atoms with van der Waals surface area (Å²) in [6.07, 6.45) is 7.69. The first-order valence-electron chi connectivity index (χ1n) is 6.28. The van der Waals surface area contributed by atoms with Crippen molar-refractivity contribution in [1.82, 2.24) is 0 Å². The molecule has 0 saturated carbocycles. The van der Waals surface area contributed by atoms with Crippen LogP contribution in [0.4, 0.5) is 0 Å². The van der Waals surface area contributed by atoms with Crippen LogP contribution in [0, 0.1) is 5.92 Å². The van der Waals surface area contributed by atoms with E-state index >= 15 is 0 Å². The normalized spacial score (nSPS) is 15.6. The Morgan fingerprint density at radius 2 is 1.80 bits per heavy atom. The van der Waals surface area contributed by atoms with Crippen LogP contribution >= 0.6 is 0 Å². The summed E-state index contributed by atoms with van der Waals surface area (Å²) in [6, 6.07) is 0. The molecule has 1 N–H and O–H groups in total. The van der Waals surface area contributed by atoms with E-state index in [0.29, 0.717) is 0 Å². The molecular weight excluding hydrogens is 251 g/mol. The molecule has 2 atom stereocenters. The Bertz CT molecular complexity index is 124. The summed E-state index contributed by atoms with van der Waals surface area (Å²) in [6.45, 7) is 4.19. The molecule has 0 aliphatic rings. The molecule has 0 aliphatic heterocycles. The molecule has 0 rings (SSSR count). The van der Waals surface area contributed by atoms with Crippen LogP contribution in [0.1, 0.15) is 52.4 Å². The molecule has 15 heavy (non-hydrogen) atoms. The van der Waals surface area contributed by atoms with E-state index in [-0.39, 0.29) is 20.0 Å². The van der Waals surface area contributed by atoms with Crippen LogP contribution in [0.15, 0.2) is 0 Å². The van der Waals surface area contributed by atoms with Crippen molar-refractivity contribution < 1.29 is 5.11 Å². The van der Waals surface area contributed by atoms with Crippen LogP contribution in [-0.2, 0) is 0 Å². The van der Waals surface area contributed by atoms with Crippen LogP contribution in [0.25, 0.3) is 0 Å². The van der Waals surface area contributed by atoms with Gasteiger partial charge < -0.3 is 0 Å². The second kappa shape index (κ2) is 9.69. The molecule has 0 aromatic heterocycles. The third-order valence-electron chi connectivity index (χ3n) is 2.71. The van der Waals surface area contributed by atoms with Crippen molar-refractivity contribution in [2.75, 3.05) is 0 Å². The van der Waals surface area contributed by atoms with Crippen molar-refractivity contribution in [3.05, 3.63) is 0 Å². The van der Waals surface area contributed by atoms with Gasteiger partial charge in [0.2, 0.25) is 0 Å². The zero-order valence-electron chi connectivity index (χ0n) is 11.0. The van der Waals surface area contributed by atoms with Crippen molar-refractivity contribution in [2.24, 2.45) is 5.92 Å². The Kier molecular flexibility index (Phi) is 10.00. The Morgan fingerprint density at radius 3 is 2.27 bits per heavy atom. The Morgan fingerprint density at radius 1 is 1.13 bits per heavy atom. The van der Waals surface area contributed by atoms with Crippen LogP contribution < -0.4 is 0 Å². The first kappa shape index (κ1) is 15.5. The Labute approximate surface area is 101 Å². The predicted octanol–water partition coefficient (Wildman–Crippen LogP) is 4.10. The fourth-order valence-corrected chi connectivity index (χ4v) is 4.70. The van der Waals surface area contributed by atoms with E-state index in [1.54, 1.807) is 0 Å². The summed E-state index contributed by atoms with van der Waals surface area (Å²) < 4.78 is 0. The number of unbranched alkanes of at least 4 members (excludes halogenated alkanes) is 3. The molecule has 0 aromatic rings. The van der Waals surface area contributed by atoms with Gasteiger partial charge in [-0.2, -0.15) is 0 Å². The zero-order chi connectivity index (χ0) is 11.7. The third kappa shape index (κ3) is 10.8. The molecule has 0 heterocycles. The van der Waals surface area contributed by atoms with Crippen molar-refractivity contribution >= 4 is 13.9 Å². The van der Waals surface area contributed by atoms with Gasteiger partial charge in [-0.1, -0.05) is 0 Å². The van der Waals surface area contributed by atoms with E-state index in [1.807, 2.05) is 6.92 Å². The average Bonchev–Trinajstić information content (AvgIpc) is 2.10. The molecule has 0 aliphatic carbocycles. The molecule has 0 fully saturated rings. The molecule has 1 nitrogen and oxygen atoms in total. The van der Waals surface area contributed by atoms with Crippen molar-refractivity contribution in [3.63, 3.8) is 0 Å².